The van der Waals surface area contributed by atoms with Gasteiger partial charge in [0.2, 0.25) is 0 Å². The van der Waals surface area contributed by atoms with Crippen molar-refractivity contribution in [3.8, 4) is 0 Å². The van der Waals surface area contributed by atoms with Crippen LogP contribution in [0.3, 0.4) is 0 Å². The van der Waals surface area contributed by atoms with E-state index in [1.807, 2.05) is 30.3 Å². The standard InChI is InChI=1S/C14H21NO.C2H2O4/c16-14(13-8-4-3-5-9-13)12-15-10-6-1-2-7-11-15;3-1(4)2(5)6/h3-5,8-9,14,16H,1-2,6-7,10-12H2;(H,3,4)(H,5,6). The van der Waals surface area contributed by atoms with E-state index in [1.54, 1.807) is 0 Å². The van der Waals surface area contributed by atoms with E-state index in [4.69, 9.17) is 19.8 Å². The summed E-state index contributed by atoms with van der Waals surface area (Å²) in [5, 5.41) is 24.9. The van der Waals surface area contributed by atoms with Crippen molar-refractivity contribution in [3.63, 3.8) is 0 Å². The maximum atomic E-state index is 10.1. The van der Waals surface area contributed by atoms with E-state index in [9.17, 15) is 5.11 Å². The number of hydrogen-bond acceptors (Lipinski definition) is 4. The predicted octanol–water partition coefficient (Wildman–Crippen LogP) is 1.75. The lowest BCUT2D eigenvalue weighted by Gasteiger charge is -2.23. The van der Waals surface area contributed by atoms with Gasteiger partial charge >= 0.3 is 11.9 Å². The third kappa shape index (κ3) is 7.19. The van der Waals surface area contributed by atoms with Crippen molar-refractivity contribution in [1.29, 1.82) is 0 Å². The van der Waals surface area contributed by atoms with Gasteiger partial charge in [0.15, 0.2) is 0 Å². The Bertz CT molecular complexity index is 443. The summed E-state index contributed by atoms with van der Waals surface area (Å²) in [5.41, 5.74) is 1.03. The van der Waals surface area contributed by atoms with Crippen LogP contribution in [0.1, 0.15) is 37.4 Å². The smallest absolute Gasteiger partial charge is 0.414 e. The summed E-state index contributed by atoms with van der Waals surface area (Å²) in [6, 6.07) is 9.97. The molecule has 1 aromatic rings. The molecule has 1 unspecified atom stereocenters. The van der Waals surface area contributed by atoms with E-state index in [2.05, 4.69) is 4.90 Å². The molecule has 0 aliphatic carbocycles. The zero-order valence-corrected chi connectivity index (χ0v) is 12.5. The minimum Gasteiger partial charge on any atom is -0.473 e. The summed E-state index contributed by atoms with van der Waals surface area (Å²) in [6.07, 6.45) is 4.91. The van der Waals surface area contributed by atoms with E-state index in [1.165, 1.54) is 25.7 Å². The molecule has 0 amide bonds. The first-order valence-electron chi connectivity index (χ1n) is 7.42. The Hall–Kier alpha value is -1.92. The van der Waals surface area contributed by atoms with Crippen LogP contribution in [0.4, 0.5) is 0 Å². The van der Waals surface area contributed by atoms with Crippen LogP contribution in [0.2, 0.25) is 0 Å². The number of aliphatic hydroxyl groups excluding tert-OH is 1. The van der Waals surface area contributed by atoms with Gasteiger partial charge in [-0.1, -0.05) is 43.2 Å². The summed E-state index contributed by atoms with van der Waals surface area (Å²) >= 11 is 0. The lowest BCUT2D eigenvalue weighted by atomic mass is 10.1. The average molecular weight is 309 g/mol. The Labute approximate surface area is 130 Å². The van der Waals surface area contributed by atoms with E-state index < -0.39 is 11.9 Å². The second-order valence-corrected chi connectivity index (χ2v) is 5.25. The van der Waals surface area contributed by atoms with Gasteiger partial charge in [-0.25, -0.2) is 9.59 Å². The van der Waals surface area contributed by atoms with Crippen LogP contribution in [0.5, 0.6) is 0 Å². The van der Waals surface area contributed by atoms with Crippen LogP contribution in [-0.2, 0) is 9.59 Å². The Balaban J connectivity index is 0.000000346. The molecule has 1 fully saturated rings. The van der Waals surface area contributed by atoms with Gasteiger partial charge in [-0.3, -0.25) is 0 Å². The van der Waals surface area contributed by atoms with E-state index in [0.717, 1.165) is 25.2 Å². The second-order valence-electron chi connectivity index (χ2n) is 5.25. The Morgan fingerprint density at radius 1 is 0.955 bits per heavy atom. The largest absolute Gasteiger partial charge is 0.473 e. The lowest BCUT2D eigenvalue weighted by molar-refractivity contribution is -0.159. The van der Waals surface area contributed by atoms with Gasteiger partial charge in [-0.05, 0) is 31.5 Å². The summed E-state index contributed by atoms with van der Waals surface area (Å²) in [5.74, 6) is -3.65. The molecule has 1 aromatic carbocycles. The Morgan fingerprint density at radius 3 is 1.91 bits per heavy atom. The van der Waals surface area contributed by atoms with Crippen LogP contribution in [0, 0.1) is 0 Å². The molecule has 122 valence electrons. The van der Waals surface area contributed by atoms with Crippen molar-refractivity contribution in [1.82, 2.24) is 4.90 Å². The molecule has 0 bridgehead atoms. The maximum Gasteiger partial charge on any atom is 0.414 e. The predicted molar refractivity (Wildman–Crippen MR) is 81.6 cm³/mol. The molecule has 6 heteroatoms. The average Bonchev–Trinajstić information content (AvgIpc) is 2.77. The number of carboxylic acids is 2. The molecule has 1 atom stereocenters. The van der Waals surface area contributed by atoms with Crippen LogP contribution in [-0.4, -0.2) is 51.8 Å². The highest BCUT2D eigenvalue weighted by atomic mass is 16.4. The first-order chi connectivity index (χ1) is 10.5. The van der Waals surface area contributed by atoms with Crippen molar-refractivity contribution in [2.75, 3.05) is 19.6 Å². The van der Waals surface area contributed by atoms with Gasteiger partial charge in [0.1, 0.15) is 0 Å². The van der Waals surface area contributed by atoms with Crippen LogP contribution < -0.4 is 0 Å². The first-order valence-corrected chi connectivity index (χ1v) is 7.42. The van der Waals surface area contributed by atoms with E-state index in [-0.39, 0.29) is 6.10 Å². The maximum absolute atomic E-state index is 10.1. The van der Waals surface area contributed by atoms with Crippen LogP contribution in [0.25, 0.3) is 0 Å². The summed E-state index contributed by atoms with van der Waals surface area (Å²) in [7, 11) is 0. The summed E-state index contributed by atoms with van der Waals surface area (Å²) in [6.45, 7) is 3.07. The van der Waals surface area contributed by atoms with Crippen LogP contribution in [0.15, 0.2) is 30.3 Å². The highest BCUT2D eigenvalue weighted by Crippen LogP contribution is 2.16. The van der Waals surface area contributed by atoms with Gasteiger partial charge in [-0.2, -0.15) is 0 Å². The molecule has 1 aliphatic rings. The minimum atomic E-state index is -1.82. The second kappa shape index (κ2) is 9.92. The van der Waals surface area contributed by atoms with Crippen molar-refractivity contribution < 1.29 is 24.9 Å². The molecule has 1 heterocycles. The number of carbonyl (C=O) groups is 2. The molecule has 1 aliphatic heterocycles. The van der Waals surface area contributed by atoms with Crippen molar-refractivity contribution in [2.24, 2.45) is 0 Å². The SMILES string of the molecule is O=C(O)C(=O)O.OC(CN1CCCCCC1)c1ccccc1. The van der Waals surface area contributed by atoms with Gasteiger partial charge in [0.05, 0.1) is 6.10 Å². The number of hydrogen-bond donors (Lipinski definition) is 3. The zero-order valence-electron chi connectivity index (χ0n) is 12.5. The molecule has 0 spiro atoms. The molecule has 0 saturated carbocycles. The number of β-amino-alcohol motifs (C(OH)–C–C–N with tert-alkyl or cyclic N) is 1. The molecule has 0 radical (unpaired) electrons. The number of aliphatic hydroxyl groups is 1. The molecule has 22 heavy (non-hydrogen) atoms. The van der Waals surface area contributed by atoms with Crippen molar-refractivity contribution in [2.45, 2.75) is 31.8 Å². The lowest BCUT2D eigenvalue weighted by Crippen LogP contribution is -2.29. The van der Waals surface area contributed by atoms with Crippen LogP contribution >= 0.6 is 0 Å². The molecule has 2 rings (SSSR count). The van der Waals surface area contributed by atoms with Gasteiger partial charge in [0.25, 0.3) is 0 Å². The highest BCUT2D eigenvalue weighted by molar-refractivity contribution is 6.27. The number of carboxylic acid groups (broad SMARTS) is 2. The van der Waals surface area contributed by atoms with Crippen molar-refractivity contribution >= 4 is 11.9 Å². The summed E-state index contributed by atoms with van der Waals surface area (Å²) in [4.78, 5) is 20.6. The minimum absolute atomic E-state index is 0.334. The molecule has 1 saturated heterocycles. The Morgan fingerprint density at radius 2 is 1.45 bits per heavy atom. The molecule has 3 N–H and O–H groups in total. The molecular weight excluding hydrogens is 286 g/mol. The molecule has 0 aromatic heterocycles. The van der Waals surface area contributed by atoms with Gasteiger partial charge < -0.3 is 20.2 Å². The quantitative estimate of drug-likeness (QED) is 0.736. The van der Waals surface area contributed by atoms with Gasteiger partial charge in [-0.15, -0.1) is 0 Å². The molecular formula is C16H23NO5. The highest BCUT2D eigenvalue weighted by Gasteiger charge is 2.14. The van der Waals surface area contributed by atoms with E-state index in [0.29, 0.717) is 0 Å². The topological polar surface area (TPSA) is 98.1 Å². The zero-order chi connectivity index (χ0) is 16.4. The summed E-state index contributed by atoms with van der Waals surface area (Å²) < 4.78 is 0. The van der Waals surface area contributed by atoms with Gasteiger partial charge in [0, 0.05) is 6.54 Å². The number of aliphatic carboxylic acids is 2. The third-order valence-electron chi connectivity index (χ3n) is 3.50. The number of rotatable bonds is 3. The monoisotopic (exact) mass is 309 g/mol. The fourth-order valence-corrected chi connectivity index (χ4v) is 2.34. The number of likely N-dealkylation sites (tertiary alicyclic amines) is 1. The fourth-order valence-electron chi connectivity index (χ4n) is 2.34. The Kier molecular flexibility index (Phi) is 8.17. The van der Waals surface area contributed by atoms with E-state index >= 15 is 0 Å². The number of benzene rings is 1. The first kappa shape index (κ1) is 18.1. The third-order valence-corrected chi connectivity index (χ3v) is 3.50. The molecule has 6 nitrogen and oxygen atoms in total. The normalized spacial score (nSPS) is 16.8. The fraction of sp³-hybridized carbons (Fsp3) is 0.500. The van der Waals surface area contributed by atoms with Crippen molar-refractivity contribution in [3.05, 3.63) is 35.9 Å². The number of nitrogens with zero attached hydrogens (tertiary/aromatic N) is 1.